The Morgan fingerprint density at radius 2 is 2.27 bits per heavy atom. The van der Waals surface area contributed by atoms with Gasteiger partial charge in [0.2, 0.25) is 0 Å². The summed E-state index contributed by atoms with van der Waals surface area (Å²) >= 11 is 0. The third kappa shape index (κ3) is 2.80. The lowest BCUT2D eigenvalue weighted by Crippen LogP contribution is -2.18. The van der Waals surface area contributed by atoms with Crippen LogP contribution in [-0.4, -0.2) is 18.7 Å². The first kappa shape index (κ1) is 11.7. The van der Waals surface area contributed by atoms with Crippen molar-refractivity contribution in [1.82, 2.24) is 0 Å². The van der Waals surface area contributed by atoms with E-state index in [4.69, 9.17) is 0 Å². The molecule has 2 nitrogen and oxygen atoms in total. The summed E-state index contributed by atoms with van der Waals surface area (Å²) in [6.07, 6.45) is 1.07. The molecule has 82 valence electrons. The van der Waals surface area contributed by atoms with Crippen LogP contribution in [0.4, 0.5) is 10.1 Å². The Labute approximate surface area is 89.7 Å². The van der Waals surface area contributed by atoms with Gasteiger partial charge in [0.1, 0.15) is 5.82 Å². The van der Waals surface area contributed by atoms with E-state index in [2.05, 4.69) is 6.58 Å². The molecule has 0 saturated heterocycles. The fourth-order valence-corrected chi connectivity index (χ4v) is 1.38. The van der Waals surface area contributed by atoms with Crippen molar-refractivity contribution in [3.8, 4) is 0 Å². The zero-order valence-electron chi connectivity index (χ0n) is 9.07. The fourth-order valence-electron chi connectivity index (χ4n) is 1.38. The van der Waals surface area contributed by atoms with E-state index in [-0.39, 0.29) is 5.82 Å². The van der Waals surface area contributed by atoms with Crippen molar-refractivity contribution in [2.75, 3.05) is 18.5 Å². The van der Waals surface area contributed by atoms with Gasteiger partial charge in [0.15, 0.2) is 0 Å². The van der Waals surface area contributed by atoms with Gasteiger partial charge in [-0.15, -0.1) is 6.58 Å². The molecule has 0 heterocycles. The van der Waals surface area contributed by atoms with Gasteiger partial charge in [-0.1, -0.05) is 12.1 Å². The molecule has 15 heavy (non-hydrogen) atoms. The van der Waals surface area contributed by atoms with Crippen molar-refractivity contribution in [2.24, 2.45) is 0 Å². The highest BCUT2D eigenvalue weighted by atomic mass is 19.1. The van der Waals surface area contributed by atoms with Gasteiger partial charge in [-0.3, -0.25) is 0 Å². The number of rotatable bonds is 4. The minimum Gasteiger partial charge on any atom is -0.389 e. The molecular formula is C12H16FNO. The minimum atomic E-state index is -0.640. The molecule has 0 amide bonds. The maximum Gasteiger partial charge on any atom is 0.146 e. The SMILES string of the molecule is C=CCN(C)c1ccc([C@@H](C)O)cc1F. The lowest BCUT2D eigenvalue weighted by Gasteiger charge is -2.18. The van der Waals surface area contributed by atoms with E-state index >= 15 is 0 Å². The van der Waals surface area contributed by atoms with E-state index in [1.165, 1.54) is 6.07 Å². The Morgan fingerprint density at radius 1 is 1.60 bits per heavy atom. The van der Waals surface area contributed by atoms with Crippen molar-refractivity contribution in [1.29, 1.82) is 0 Å². The number of hydrogen-bond donors (Lipinski definition) is 1. The van der Waals surface area contributed by atoms with E-state index in [0.29, 0.717) is 17.8 Å². The zero-order valence-corrected chi connectivity index (χ0v) is 9.07. The average Bonchev–Trinajstić information content (AvgIpc) is 2.17. The lowest BCUT2D eigenvalue weighted by atomic mass is 10.1. The molecule has 1 atom stereocenters. The normalized spacial score (nSPS) is 12.3. The summed E-state index contributed by atoms with van der Waals surface area (Å²) in [5.74, 6) is -0.322. The summed E-state index contributed by atoms with van der Waals surface area (Å²) in [7, 11) is 1.79. The maximum absolute atomic E-state index is 13.6. The first-order valence-electron chi connectivity index (χ1n) is 4.85. The van der Waals surface area contributed by atoms with Crippen molar-refractivity contribution in [3.05, 3.63) is 42.2 Å². The van der Waals surface area contributed by atoms with Gasteiger partial charge >= 0.3 is 0 Å². The smallest absolute Gasteiger partial charge is 0.146 e. The second kappa shape index (κ2) is 4.94. The van der Waals surface area contributed by atoms with E-state index in [1.54, 1.807) is 37.1 Å². The second-order valence-electron chi connectivity index (χ2n) is 3.56. The van der Waals surface area contributed by atoms with Gasteiger partial charge in [0.25, 0.3) is 0 Å². The van der Waals surface area contributed by atoms with Crippen LogP contribution >= 0.6 is 0 Å². The molecule has 0 aliphatic carbocycles. The maximum atomic E-state index is 13.6. The zero-order chi connectivity index (χ0) is 11.4. The number of aliphatic hydroxyl groups excluding tert-OH is 1. The number of benzene rings is 1. The summed E-state index contributed by atoms with van der Waals surface area (Å²) in [5, 5.41) is 9.28. The topological polar surface area (TPSA) is 23.5 Å². The van der Waals surface area contributed by atoms with Crippen molar-refractivity contribution >= 4 is 5.69 Å². The molecule has 1 aromatic rings. The van der Waals surface area contributed by atoms with Crippen LogP contribution in [0.2, 0.25) is 0 Å². The molecular weight excluding hydrogens is 193 g/mol. The molecule has 0 spiro atoms. The Hall–Kier alpha value is -1.35. The number of anilines is 1. The molecule has 1 N–H and O–H groups in total. The number of halogens is 1. The Morgan fingerprint density at radius 3 is 2.73 bits per heavy atom. The van der Waals surface area contributed by atoms with Crippen molar-refractivity contribution < 1.29 is 9.50 Å². The predicted octanol–water partition coefficient (Wildman–Crippen LogP) is 2.50. The second-order valence-corrected chi connectivity index (χ2v) is 3.56. The fraction of sp³-hybridized carbons (Fsp3) is 0.333. The molecule has 3 heteroatoms. The number of likely N-dealkylation sites (N-methyl/N-ethyl adjacent to an activating group) is 1. The largest absolute Gasteiger partial charge is 0.389 e. The van der Waals surface area contributed by atoms with Crippen LogP contribution in [0.1, 0.15) is 18.6 Å². The summed E-state index contributed by atoms with van der Waals surface area (Å²) in [6, 6.07) is 4.75. The van der Waals surface area contributed by atoms with Gasteiger partial charge in [0.05, 0.1) is 11.8 Å². The van der Waals surface area contributed by atoms with Crippen LogP contribution in [0.3, 0.4) is 0 Å². The molecule has 0 saturated carbocycles. The molecule has 0 fully saturated rings. The summed E-state index contributed by atoms with van der Waals surface area (Å²) in [4.78, 5) is 1.76. The lowest BCUT2D eigenvalue weighted by molar-refractivity contribution is 0.199. The van der Waals surface area contributed by atoms with Crippen LogP contribution in [0.5, 0.6) is 0 Å². The quantitative estimate of drug-likeness (QED) is 0.770. The third-order valence-corrected chi connectivity index (χ3v) is 2.27. The summed E-state index contributed by atoms with van der Waals surface area (Å²) < 4.78 is 13.6. The standard InChI is InChI=1S/C12H16FNO/c1-4-7-14(3)12-6-5-10(9(2)15)8-11(12)13/h4-6,8-9,15H,1,7H2,2-3H3/t9-/m1/s1. The molecule has 0 unspecified atom stereocenters. The Bertz CT molecular complexity index is 349. The van der Waals surface area contributed by atoms with Gasteiger partial charge in [-0.05, 0) is 24.6 Å². The van der Waals surface area contributed by atoms with Crippen LogP contribution in [0.15, 0.2) is 30.9 Å². The number of hydrogen-bond acceptors (Lipinski definition) is 2. The molecule has 0 aliphatic rings. The molecule has 0 aliphatic heterocycles. The first-order chi connectivity index (χ1) is 7.06. The van der Waals surface area contributed by atoms with E-state index < -0.39 is 6.10 Å². The Balaban J connectivity index is 2.97. The Kier molecular flexibility index (Phi) is 3.86. The number of aliphatic hydroxyl groups is 1. The first-order valence-corrected chi connectivity index (χ1v) is 4.85. The average molecular weight is 209 g/mol. The highest BCUT2D eigenvalue weighted by Crippen LogP contribution is 2.22. The monoisotopic (exact) mass is 209 g/mol. The van der Waals surface area contributed by atoms with E-state index in [9.17, 15) is 9.50 Å². The van der Waals surface area contributed by atoms with Crippen LogP contribution in [-0.2, 0) is 0 Å². The van der Waals surface area contributed by atoms with Gasteiger partial charge < -0.3 is 10.0 Å². The van der Waals surface area contributed by atoms with Crippen molar-refractivity contribution in [3.63, 3.8) is 0 Å². The molecule has 1 rings (SSSR count). The van der Waals surface area contributed by atoms with Crippen molar-refractivity contribution in [2.45, 2.75) is 13.0 Å². The molecule has 1 aromatic carbocycles. The number of nitrogens with zero attached hydrogens (tertiary/aromatic N) is 1. The van der Waals surface area contributed by atoms with E-state index in [1.807, 2.05) is 0 Å². The predicted molar refractivity (Wildman–Crippen MR) is 60.5 cm³/mol. The third-order valence-electron chi connectivity index (χ3n) is 2.27. The van der Waals surface area contributed by atoms with Gasteiger partial charge in [0, 0.05) is 13.6 Å². The van der Waals surface area contributed by atoms with Crippen LogP contribution in [0, 0.1) is 5.82 Å². The van der Waals surface area contributed by atoms with E-state index in [0.717, 1.165) is 0 Å². The van der Waals surface area contributed by atoms with Crippen LogP contribution < -0.4 is 4.90 Å². The van der Waals surface area contributed by atoms with Crippen LogP contribution in [0.25, 0.3) is 0 Å². The molecule has 0 aromatic heterocycles. The summed E-state index contributed by atoms with van der Waals surface area (Å²) in [5.41, 5.74) is 1.10. The van der Waals surface area contributed by atoms with Gasteiger partial charge in [-0.2, -0.15) is 0 Å². The highest BCUT2D eigenvalue weighted by molar-refractivity contribution is 5.49. The van der Waals surface area contributed by atoms with Gasteiger partial charge in [-0.25, -0.2) is 4.39 Å². The highest BCUT2D eigenvalue weighted by Gasteiger charge is 2.09. The molecule has 0 radical (unpaired) electrons. The minimum absolute atomic E-state index is 0.322. The summed E-state index contributed by atoms with van der Waals surface area (Å²) in [6.45, 7) is 5.80. The molecule has 0 bridgehead atoms.